The Morgan fingerprint density at radius 3 is 2.59 bits per heavy atom. The summed E-state index contributed by atoms with van der Waals surface area (Å²) in [5.41, 5.74) is 14.0. The van der Waals surface area contributed by atoms with Crippen LogP contribution in [0.4, 0.5) is 0 Å². The van der Waals surface area contributed by atoms with E-state index in [2.05, 4.69) is 25.6 Å². The number of aliphatic carboxylic acids is 1. The van der Waals surface area contributed by atoms with Gasteiger partial charge < -0.3 is 42.1 Å². The van der Waals surface area contributed by atoms with Crippen molar-refractivity contribution >= 4 is 34.6 Å². The molecule has 2 aromatic heterocycles. The number of nitrogens with zero attached hydrogens (tertiary/aromatic N) is 2. The van der Waals surface area contributed by atoms with Gasteiger partial charge in [-0.15, -0.1) is 0 Å². The van der Waals surface area contributed by atoms with Crippen LogP contribution in [0, 0.1) is 0 Å². The Morgan fingerprint density at radius 2 is 1.85 bits per heavy atom. The lowest BCUT2D eigenvalue weighted by Crippen LogP contribution is -2.58. The third-order valence-electron chi connectivity index (χ3n) is 7.45. The van der Waals surface area contributed by atoms with Gasteiger partial charge >= 0.3 is 5.97 Å². The van der Waals surface area contributed by atoms with Gasteiger partial charge in [0.1, 0.15) is 18.1 Å². The van der Waals surface area contributed by atoms with Crippen molar-refractivity contribution in [2.24, 2.45) is 11.5 Å². The van der Waals surface area contributed by atoms with Gasteiger partial charge in [0.25, 0.3) is 0 Å². The van der Waals surface area contributed by atoms with E-state index in [9.17, 15) is 24.3 Å². The van der Waals surface area contributed by atoms with Crippen molar-refractivity contribution in [2.45, 2.75) is 69.1 Å². The number of carbonyl (C=O) groups excluding carboxylic acids is 3. The largest absolute Gasteiger partial charge is 0.480 e. The van der Waals surface area contributed by atoms with E-state index in [1.807, 2.05) is 24.3 Å². The van der Waals surface area contributed by atoms with Crippen molar-refractivity contribution in [1.82, 2.24) is 30.5 Å². The van der Waals surface area contributed by atoms with E-state index in [1.54, 1.807) is 6.20 Å². The molecule has 1 aliphatic rings. The Balaban J connectivity index is 1.57. The van der Waals surface area contributed by atoms with E-state index < -0.39 is 47.9 Å². The van der Waals surface area contributed by atoms with Crippen molar-refractivity contribution in [3.8, 4) is 0 Å². The van der Waals surface area contributed by atoms with Gasteiger partial charge in [0, 0.05) is 48.4 Å². The lowest BCUT2D eigenvalue weighted by molar-refractivity contribution is -0.149. The summed E-state index contributed by atoms with van der Waals surface area (Å²) in [5, 5.41) is 16.1. The molecular weight excluding hydrogens is 528 g/mol. The van der Waals surface area contributed by atoms with E-state index in [0.717, 1.165) is 22.9 Å². The van der Waals surface area contributed by atoms with E-state index in [-0.39, 0.29) is 19.4 Å². The molecule has 0 radical (unpaired) electrons. The molecule has 4 atom stereocenters. The van der Waals surface area contributed by atoms with Crippen molar-refractivity contribution < 1.29 is 24.3 Å². The van der Waals surface area contributed by atoms with Gasteiger partial charge in [-0.25, -0.2) is 9.78 Å². The number of carboxylic acids is 1. The Bertz CT molecular complexity index is 1340. The third kappa shape index (κ3) is 7.50. The van der Waals surface area contributed by atoms with Gasteiger partial charge in [-0.1, -0.05) is 24.6 Å². The molecule has 1 aliphatic heterocycles. The molecule has 9 N–H and O–H groups in total. The summed E-state index contributed by atoms with van der Waals surface area (Å²) in [6, 6.07) is 3.68. The number of hydrogen-bond donors (Lipinski definition) is 7. The van der Waals surface area contributed by atoms with E-state index in [0.29, 0.717) is 37.9 Å². The van der Waals surface area contributed by atoms with Crippen LogP contribution in [0.3, 0.4) is 0 Å². The molecule has 3 amide bonds. The van der Waals surface area contributed by atoms with Crippen LogP contribution in [0.5, 0.6) is 0 Å². The van der Waals surface area contributed by atoms with Crippen LogP contribution in [0.25, 0.3) is 10.9 Å². The van der Waals surface area contributed by atoms with Gasteiger partial charge in [-0.3, -0.25) is 14.4 Å². The molecule has 0 saturated carbocycles. The average molecular weight is 567 g/mol. The maximum atomic E-state index is 13.8. The predicted octanol–water partition coefficient (Wildman–Crippen LogP) is 0.178. The highest BCUT2D eigenvalue weighted by Crippen LogP contribution is 2.21. The first-order chi connectivity index (χ1) is 19.8. The third-order valence-corrected chi connectivity index (χ3v) is 7.45. The number of fused-ring (bicyclic) bond motifs is 1. The molecule has 13 heteroatoms. The van der Waals surface area contributed by atoms with Crippen LogP contribution < -0.4 is 22.1 Å². The minimum Gasteiger partial charge on any atom is -0.480 e. The van der Waals surface area contributed by atoms with Crippen LogP contribution in [0.1, 0.15) is 43.4 Å². The molecule has 4 unspecified atom stereocenters. The number of carbonyl (C=O) groups is 4. The summed E-state index contributed by atoms with van der Waals surface area (Å²) >= 11 is 0. The van der Waals surface area contributed by atoms with Crippen molar-refractivity contribution in [3.63, 3.8) is 0 Å². The number of unbranched alkanes of at least 4 members (excludes halogenated alkanes) is 1. The number of nitrogens with one attached hydrogen (secondary N) is 4. The summed E-state index contributed by atoms with van der Waals surface area (Å²) in [6.45, 7) is 0.768. The molecule has 0 spiro atoms. The number of benzene rings is 1. The molecular formula is C28H38N8O5. The second-order valence-corrected chi connectivity index (χ2v) is 10.4. The molecule has 3 heterocycles. The summed E-state index contributed by atoms with van der Waals surface area (Å²) < 4.78 is 0. The fraction of sp³-hybridized carbons (Fsp3) is 0.464. The number of imidazole rings is 1. The second kappa shape index (κ2) is 13.9. The number of rotatable bonds is 14. The summed E-state index contributed by atoms with van der Waals surface area (Å²) in [5.74, 6) is -2.66. The molecule has 0 aliphatic carbocycles. The van der Waals surface area contributed by atoms with E-state index >= 15 is 0 Å². The van der Waals surface area contributed by atoms with Gasteiger partial charge in [-0.2, -0.15) is 0 Å². The fourth-order valence-electron chi connectivity index (χ4n) is 5.22. The number of aromatic amines is 2. The first-order valence-electron chi connectivity index (χ1n) is 13.9. The number of H-pyrrole nitrogens is 2. The van der Waals surface area contributed by atoms with Crippen LogP contribution in [-0.4, -0.2) is 85.9 Å². The summed E-state index contributed by atoms with van der Waals surface area (Å²) in [7, 11) is 0. The average Bonchev–Trinajstić information content (AvgIpc) is 3.73. The Morgan fingerprint density at radius 1 is 1.07 bits per heavy atom. The molecule has 13 nitrogen and oxygen atoms in total. The highest BCUT2D eigenvalue weighted by Gasteiger charge is 2.38. The Labute approximate surface area is 237 Å². The standard InChI is InChI=1S/C28H38N8O5/c29-10-4-3-7-20(30)25(37)34-22(12-17-14-32-21-8-2-1-6-19(17)21)26(38)35-23(13-18-15-31-16-33-18)27(39)36-11-5-9-24(36)28(40)41/h1-2,6,8,14-16,20,22-24,32H,3-5,7,9-13,29-30H2,(H,31,33)(H,34,37)(H,35,38)(H,40,41). The zero-order valence-corrected chi connectivity index (χ0v) is 22.8. The molecule has 1 saturated heterocycles. The number of carboxylic acid groups (broad SMARTS) is 1. The van der Waals surface area contributed by atoms with Gasteiger partial charge in [0.2, 0.25) is 17.7 Å². The van der Waals surface area contributed by atoms with E-state index in [4.69, 9.17) is 11.5 Å². The first-order valence-corrected chi connectivity index (χ1v) is 13.9. The topological polar surface area (TPSA) is 212 Å². The minimum absolute atomic E-state index is 0.0692. The fourth-order valence-corrected chi connectivity index (χ4v) is 5.22. The molecule has 1 aromatic carbocycles. The maximum absolute atomic E-state index is 13.8. The number of hydrogen-bond acceptors (Lipinski definition) is 7. The Hall–Kier alpha value is -4.23. The quantitative estimate of drug-likeness (QED) is 0.133. The molecule has 41 heavy (non-hydrogen) atoms. The lowest BCUT2D eigenvalue weighted by atomic mass is 10.0. The highest BCUT2D eigenvalue weighted by atomic mass is 16.4. The number of aromatic nitrogens is 3. The van der Waals surface area contributed by atoms with Crippen LogP contribution >= 0.6 is 0 Å². The number of nitrogens with two attached hydrogens (primary N) is 2. The van der Waals surface area contributed by atoms with Crippen LogP contribution in [0.2, 0.25) is 0 Å². The zero-order chi connectivity index (χ0) is 29.4. The van der Waals surface area contributed by atoms with Crippen molar-refractivity contribution in [2.75, 3.05) is 13.1 Å². The number of likely N-dealkylation sites (tertiary alicyclic amines) is 1. The van der Waals surface area contributed by atoms with Crippen LogP contribution in [-0.2, 0) is 32.0 Å². The molecule has 4 rings (SSSR count). The van der Waals surface area contributed by atoms with Gasteiger partial charge in [0.05, 0.1) is 12.4 Å². The monoisotopic (exact) mass is 566 g/mol. The van der Waals surface area contributed by atoms with Gasteiger partial charge in [-0.05, 0) is 43.9 Å². The van der Waals surface area contributed by atoms with Gasteiger partial charge in [0.15, 0.2) is 0 Å². The highest BCUT2D eigenvalue weighted by molar-refractivity contribution is 5.95. The molecule has 220 valence electrons. The maximum Gasteiger partial charge on any atom is 0.326 e. The van der Waals surface area contributed by atoms with Crippen LogP contribution in [0.15, 0.2) is 43.0 Å². The minimum atomic E-state index is -1.09. The van der Waals surface area contributed by atoms with Crippen molar-refractivity contribution in [3.05, 3.63) is 54.2 Å². The molecule has 3 aromatic rings. The zero-order valence-electron chi connectivity index (χ0n) is 22.8. The SMILES string of the molecule is NCCCCC(N)C(=O)NC(Cc1c[nH]c2ccccc12)C(=O)NC(Cc1cnc[nH]1)C(=O)N1CCCC1C(=O)O. The smallest absolute Gasteiger partial charge is 0.326 e. The summed E-state index contributed by atoms with van der Waals surface area (Å²) in [6.07, 6.45) is 7.70. The second-order valence-electron chi connectivity index (χ2n) is 10.4. The normalized spacial score (nSPS) is 17.2. The molecule has 0 bridgehead atoms. The molecule has 1 fully saturated rings. The number of amides is 3. The number of para-hydroxylation sites is 1. The van der Waals surface area contributed by atoms with Crippen molar-refractivity contribution in [1.29, 1.82) is 0 Å². The predicted molar refractivity (Wildman–Crippen MR) is 151 cm³/mol. The Kier molecular flexibility index (Phi) is 10.1. The first kappa shape index (κ1) is 29.7. The summed E-state index contributed by atoms with van der Waals surface area (Å²) in [4.78, 5) is 63.6. The lowest BCUT2D eigenvalue weighted by Gasteiger charge is -2.29. The van der Waals surface area contributed by atoms with E-state index in [1.165, 1.54) is 17.4 Å².